The SMILES string of the molecule is c1ccc2c(c1)-c1ccccc1C2c1ccc(-n2c3ccccc3c3ccccc32)cc1-n1c2ccccc2c2ccccc21. The summed E-state index contributed by atoms with van der Waals surface area (Å²) in [5.41, 5.74) is 14.0. The number of rotatable bonds is 3. The van der Waals surface area contributed by atoms with Gasteiger partial charge < -0.3 is 9.13 Å². The maximum Gasteiger partial charge on any atom is 0.0541 e. The van der Waals surface area contributed by atoms with Crippen molar-refractivity contribution in [2.45, 2.75) is 5.92 Å². The first-order valence-electron chi connectivity index (χ1n) is 15.7. The molecule has 0 spiro atoms. The van der Waals surface area contributed by atoms with Crippen LogP contribution < -0.4 is 0 Å². The molecule has 0 radical (unpaired) electrons. The lowest BCUT2D eigenvalue weighted by Crippen LogP contribution is -2.08. The second-order valence-electron chi connectivity index (χ2n) is 12.1. The lowest BCUT2D eigenvalue weighted by atomic mass is 9.88. The third-order valence-corrected chi connectivity index (χ3v) is 9.82. The average Bonchev–Trinajstić information content (AvgIpc) is 3.74. The van der Waals surface area contributed by atoms with Gasteiger partial charge in [0.05, 0.1) is 27.8 Å². The van der Waals surface area contributed by atoms with E-state index in [0.29, 0.717) is 0 Å². The molecular weight excluding hydrogens is 544 g/mol. The van der Waals surface area contributed by atoms with Crippen molar-refractivity contribution in [1.29, 1.82) is 0 Å². The van der Waals surface area contributed by atoms with Gasteiger partial charge in [-0.3, -0.25) is 0 Å². The molecule has 0 aliphatic heterocycles. The van der Waals surface area contributed by atoms with Gasteiger partial charge in [0, 0.05) is 33.2 Å². The highest BCUT2D eigenvalue weighted by Crippen LogP contribution is 2.50. The summed E-state index contributed by atoms with van der Waals surface area (Å²) in [6.45, 7) is 0. The molecule has 7 aromatic carbocycles. The van der Waals surface area contributed by atoms with Crippen LogP contribution in [-0.4, -0.2) is 9.13 Å². The van der Waals surface area contributed by atoms with Crippen molar-refractivity contribution in [1.82, 2.24) is 9.13 Å². The number of nitrogens with zero attached hydrogens (tertiary/aromatic N) is 2. The Kier molecular flexibility index (Phi) is 5.09. The van der Waals surface area contributed by atoms with E-state index in [2.05, 4.69) is 173 Å². The van der Waals surface area contributed by atoms with E-state index in [0.717, 1.165) is 5.69 Å². The molecule has 45 heavy (non-hydrogen) atoms. The normalized spacial score (nSPS) is 12.8. The van der Waals surface area contributed by atoms with Crippen LogP contribution in [0.15, 0.2) is 164 Å². The summed E-state index contributed by atoms with van der Waals surface area (Å²) in [5, 5.41) is 5.09. The number of benzene rings is 7. The van der Waals surface area contributed by atoms with Crippen LogP contribution in [0.25, 0.3) is 66.1 Å². The Labute approximate surface area is 261 Å². The van der Waals surface area contributed by atoms with Gasteiger partial charge in [-0.05, 0) is 64.2 Å². The number of hydrogen-bond acceptors (Lipinski definition) is 0. The Hall–Kier alpha value is -5.86. The summed E-state index contributed by atoms with van der Waals surface area (Å²) in [6, 6.07) is 60.2. The fourth-order valence-electron chi connectivity index (χ4n) is 7.98. The highest BCUT2D eigenvalue weighted by Gasteiger charge is 2.32. The monoisotopic (exact) mass is 572 g/mol. The van der Waals surface area contributed by atoms with Gasteiger partial charge in [0.1, 0.15) is 0 Å². The van der Waals surface area contributed by atoms with E-state index < -0.39 is 0 Å². The van der Waals surface area contributed by atoms with Crippen molar-refractivity contribution < 1.29 is 0 Å². The first kappa shape index (κ1) is 24.6. The van der Waals surface area contributed by atoms with Crippen molar-refractivity contribution in [2.24, 2.45) is 0 Å². The van der Waals surface area contributed by atoms with Crippen LogP contribution in [0.4, 0.5) is 0 Å². The molecule has 10 rings (SSSR count). The molecule has 0 amide bonds. The van der Waals surface area contributed by atoms with E-state index in [1.165, 1.54) is 77.1 Å². The van der Waals surface area contributed by atoms with Gasteiger partial charge in [-0.25, -0.2) is 0 Å². The van der Waals surface area contributed by atoms with Crippen LogP contribution in [-0.2, 0) is 0 Å². The van der Waals surface area contributed by atoms with E-state index in [-0.39, 0.29) is 5.92 Å². The molecule has 0 N–H and O–H groups in total. The molecule has 0 bridgehead atoms. The summed E-state index contributed by atoms with van der Waals surface area (Å²) >= 11 is 0. The Morgan fingerprint density at radius 3 is 1.22 bits per heavy atom. The molecule has 9 aromatic rings. The lowest BCUT2D eigenvalue weighted by Gasteiger charge is -2.22. The average molecular weight is 573 g/mol. The highest BCUT2D eigenvalue weighted by atomic mass is 15.0. The van der Waals surface area contributed by atoms with Crippen molar-refractivity contribution in [3.63, 3.8) is 0 Å². The van der Waals surface area contributed by atoms with Gasteiger partial charge in [0.15, 0.2) is 0 Å². The minimum absolute atomic E-state index is 0.125. The molecule has 2 heteroatoms. The molecule has 2 nitrogen and oxygen atoms in total. The minimum Gasteiger partial charge on any atom is -0.309 e. The smallest absolute Gasteiger partial charge is 0.0541 e. The van der Waals surface area contributed by atoms with Gasteiger partial charge in [-0.1, -0.05) is 127 Å². The maximum atomic E-state index is 2.50. The zero-order chi connectivity index (χ0) is 29.5. The summed E-state index contributed by atoms with van der Waals surface area (Å²) in [6.07, 6.45) is 0. The van der Waals surface area contributed by atoms with Gasteiger partial charge in [0.25, 0.3) is 0 Å². The third kappa shape index (κ3) is 3.39. The van der Waals surface area contributed by atoms with Crippen LogP contribution in [0.5, 0.6) is 0 Å². The summed E-state index contributed by atoms with van der Waals surface area (Å²) < 4.78 is 4.93. The van der Waals surface area contributed by atoms with Crippen LogP contribution >= 0.6 is 0 Å². The molecule has 0 saturated heterocycles. The summed E-state index contributed by atoms with van der Waals surface area (Å²) in [7, 11) is 0. The van der Waals surface area contributed by atoms with Crippen molar-refractivity contribution in [2.75, 3.05) is 0 Å². The molecule has 0 fully saturated rings. The Balaban J connectivity index is 1.34. The fraction of sp³-hybridized carbons (Fsp3) is 0.0233. The van der Waals surface area contributed by atoms with E-state index in [1.54, 1.807) is 0 Å². The van der Waals surface area contributed by atoms with Crippen molar-refractivity contribution in [3.8, 4) is 22.5 Å². The first-order chi connectivity index (χ1) is 22.4. The van der Waals surface area contributed by atoms with Gasteiger partial charge in [-0.15, -0.1) is 0 Å². The minimum atomic E-state index is 0.125. The molecule has 0 atom stereocenters. The van der Waals surface area contributed by atoms with Gasteiger partial charge in [0.2, 0.25) is 0 Å². The number of aromatic nitrogens is 2. The number of fused-ring (bicyclic) bond motifs is 9. The maximum absolute atomic E-state index is 2.50. The Morgan fingerprint density at radius 1 is 0.333 bits per heavy atom. The number of para-hydroxylation sites is 4. The zero-order valence-corrected chi connectivity index (χ0v) is 24.6. The van der Waals surface area contributed by atoms with Crippen LogP contribution in [0.3, 0.4) is 0 Å². The topological polar surface area (TPSA) is 9.86 Å². The third-order valence-electron chi connectivity index (χ3n) is 9.82. The summed E-state index contributed by atoms with van der Waals surface area (Å²) in [4.78, 5) is 0. The van der Waals surface area contributed by atoms with E-state index in [1.807, 2.05) is 0 Å². The van der Waals surface area contributed by atoms with Gasteiger partial charge >= 0.3 is 0 Å². The largest absolute Gasteiger partial charge is 0.309 e. The molecular formula is C43H28N2. The molecule has 0 unspecified atom stereocenters. The van der Waals surface area contributed by atoms with E-state index in [4.69, 9.17) is 0 Å². The molecule has 1 aliphatic carbocycles. The predicted octanol–water partition coefficient (Wildman–Crippen LogP) is 11.0. The zero-order valence-electron chi connectivity index (χ0n) is 24.6. The molecule has 2 heterocycles. The van der Waals surface area contributed by atoms with Crippen LogP contribution in [0.2, 0.25) is 0 Å². The summed E-state index contributed by atoms with van der Waals surface area (Å²) in [5.74, 6) is 0.125. The van der Waals surface area contributed by atoms with Crippen LogP contribution in [0, 0.1) is 0 Å². The first-order valence-corrected chi connectivity index (χ1v) is 15.7. The molecule has 0 saturated carbocycles. The Bertz CT molecular complexity index is 2460. The Morgan fingerprint density at radius 2 is 0.733 bits per heavy atom. The van der Waals surface area contributed by atoms with Gasteiger partial charge in [-0.2, -0.15) is 0 Å². The van der Waals surface area contributed by atoms with E-state index >= 15 is 0 Å². The van der Waals surface area contributed by atoms with Crippen molar-refractivity contribution >= 4 is 43.6 Å². The molecule has 2 aromatic heterocycles. The number of hydrogen-bond donors (Lipinski definition) is 0. The van der Waals surface area contributed by atoms with Crippen molar-refractivity contribution in [3.05, 3.63) is 180 Å². The lowest BCUT2D eigenvalue weighted by molar-refractivity contribution is 0.977. The quantitative estimate of drug-likeness (QED) is 0.199. The second kappa shape index (κ2) is 9.32. The van der Waals surface area contributed by atoms with E-state index in [9.17, 15) is 0 Å². The second-order valence-corrected chi connectivity index (χ2v) is 12.1. The molecule has 210 valence electrons. The molecule has 1 aliphatic rings. The predicted molar refractivity (Wildman–Crippen MR) is 188 cm³/mol. The van der Waals surface area contributed by atoms with Crippen LogP contribution in [0.1, 0.15) is 22.6 Å². The standard InChI is InChI=1S/C43H28N2/c1-3-19-35-29(13-1)30-14-2-4-20-36(30)43(35)37-26-25-28(44-38-21-9-5-15-31(38)32-16-6-10-22-39(32)44)27-42(37)45-40-23-11-7-17-33(40)34-18-8-12-24-41(34)45/h1-27,43H. The fourth-order valence-corrected chi connectivity index (χ4v) is 7.98. The highest BCUT2D eigenvalue weighted by molar-refractivity contribution is 6.10.